The number of alkyl halides is 3. The molecule has 2 heterocycles. The summed E-state index contributed by atoms with van der Waals surface area (Å²) in [7, 11) is 0. The number of piperidine rings is 2. The molecular weight excluding hydrogens is 257 g/mol. The third kappa shape index (κ3) is 3.61. The van der Waals surface area contributed by atoms with E-state index in [1.54, 1.807) is 0 Å². The highest BCUT2D eigenvalue weighted by Gasteiger charge is 2.43. The fourth-order valence-corrected chi connectivity index (χ4v) is 3.05. The van der Waals surface area contributed by atoms with Crippen molar-refractivity contribution in [3.63, 3.8) is 0 Å². The van der Waals surface area contributed by atoms with Crippen molar-refractivity contribution >= 4 is 5.91 Å². The third-order valence-electron chi connectivity index (χ3n) is 4.12. The van der Waals surface area contributed by atoms with Crippen molar-refractivity contribution in [3.8, 4) is 0 Å². The van der Waals surface area contributed by atoms with Crippen LogP contribution in [0.3, 0.4) is 0 Å². The second kappa shape index (κ2) is 5.69. The molecule has 0 spiro atoms. The average Bonchev–Trinajstić information content (AvgIpc) is 2.37. The predicted molar refractivity (Wildman–Crippen MR) is 65.5 cm³/mol. The Bertz CT molecular complexity index is 332. The number of likely N-dealkylation sites (tertiary alicyclic amines) is 1. The van der Waals surface area contributed by atoms with Gasteiger partial charge in [0, 0.05) is 19.6 Å². The standard InChI is InChI=1S/C13H21F3N2O/c1-9-5-10(7-17-6-9)12(19)18-4-2-3-11(8-18)13(14,15)16/h9-11,17H,2-8H2,1H3. The molecule has 3 unspecified atom stereocenters. The van der Waals surface area contributed by atoms with Crippen molar-refractivity contribution in [1.29, 1.82) is 0 Å². The first-order valence-corrected chi connectivity index (χ1v) is 6.94. The summed E-state index contributed by atoms with van der Waals surface area (Å²) >= 11 is 0. The zero-order valence-electron chi connectivity index (χ0n) is 11.2. The van der Waals surface area contributed by atoms with E-state index in [9.17, 15) is 18.0 Å². The highest BCUT2D eigenvalue weighted by atomic mass is 19.4. The Kier molecular flexibility index (Phi) is 4.38. The summed E-state index contributed by atoms with van der Waals surface area (Å²) in [4.78, 5) is 13.7. The Labute approximate surface area is 111 Å². The van der Waals surface area contributed by atoms with E-state index in [2.05, 4.69) is 12.2 Å². The first-order chi connectivity index (χ1) is 8.88. The molecule has 2 fully saturated rings. The van der Waals surface area contributed by atoms with Crippen LogP contribution in [0.1, 0.15) is 26.2 Å². The van der Waals surface area contributed by atoms with Crippen LogP contribution >= 0.6 is 0 Å². The smallest absolute Gasteiger partial charge is 0.342 e. The van der Waals surface area contributed by atoms with Gasteiger partial charge in [-0.3, -0.25) is 4.79 Å². The van der Waals surface area contributed by atoms with Crippen LogP contribution in [0.2, 0.25) is 0 Å². The molecule has 0 aromatic carbocycles. The van der Waals surface area contributed by atoms with Gasteiger partial charge < -0.3 is 10.2 Å². The minimum absolute atomic E-state index is 0.104. The van der Waals surface area contributed by atoms with E-state index in [1.807, 2.05) is 0 Å². The second-order valence-corrected chi connectivity index (χ2v) is 5.86. The van der Waals surface area contributed by atoms with E-state index in [1.165, 1.54) is 4.90 Å². The monoisotopic (exact) mass is 278 g/mol. The van der Waals surface area contributed by atoms with Gasteiger partial charge in [0.25, 0.3) is 0 Å². The van der Waals surface area contributed by atoms with Gasteiger partial charge in [0.1, 0.15) is 0 Å². The van der Waals surface area contributed by atoms with Gasteiger partial charge in [-0.15, -0.1) is 0 Å². The molecule has 0 aromatic rings. The van der Waals surface area contributed by atoms with Crippen molar-refractivity contribution in [3.05, 3.63) is 0 Å². The summed E-state index contributed by atoms with van der Waals surface area (Å²) in [6.07, 6.45) is -2.81. The van der Waals surface area contributed by atoms with E-state index in [4.69, 9.17) is 0 Å². The number of carbonyl (C=O) groups excluding carboxylic acids is 1. The zero-order valence-corrected chi connectivity index (χ0v) is 11.2. The predicted octanol–water partition coefficient (Wildman–Crippen LogP) is 2.03. The van der Waals surface area contributed by atoms with Crippen LogP contribution in [0, 0.1) is 17.8 Å². The Morgan fingerprint density at radius 3 is 2.68 bits per heavy atom. The number of nitrogens with zero attached hydrogens (tertiary/aromatic N) is 1. The van der Waals surface area contributed by atoms with Gasteiger partial charge in [-0.25, -0.2) is 0 Å². The van der Waals surface area contributed by atoms with Crippen LogP contribution in [0.15, 0.2) is 0 Å². The van der Waals surface area contributed by atoms with Gasteiger partial charge in [-0.05, 0) is 31.7 Å². The van der Waals surface area contributed by atoms with Crippen molar-refractivity contribution in [1.82, 2.24) is 10.2 Å². The van der Waals surface area contributed by atoms with Gasteiger partial charge in [-0.2, -0.15) is 13.2 Å². The van der Waals surface area contributed by atoms with Crippen molar-refractivity contribution in [2.45, 2.75) is 32.4 Å². The molecule has 2 rings (SSSR count). The minimum atomic E-state index is -4.18. The van der Waals surface area contributed by atoms with Crippen LogP contribution < -0.4 is 5.32 Å². The molecule has 19 heavy (non-hydrogen) atoms. The SMILES string of the molecule is CC1CNCC(C(=O)N2CCCC(C(F)(F)F)C2)C1. The molecule has 3 atom stereocenters. The van der Waals surface area contributed by atoms with Crippen molar-refractivity contribution in [2.75, 3.05) is 26.2 Å². The molecule has 0 aromatic heterocycles. The number of carbonyl (C=O) groups is 1. The lowest BCUT2D eigenvalue weighted by atomic mass is 9.89. The Morgan fingerprint density at radius 2 is 2.05 bits per heavy atom. The maximum absolute atomic E-state index is 12.7. The molecule has 3 nitrogen and oxygen atoms in total. The van der Waals surface area contributed by atoms with Crippen LogP contribution in [0.25, 0.3) is 0 Å². The zero-order chi connectivity index (χ0) is 14.0. The summed E-state index contributed by atoms with van der Waals surface area (Å²) < 4.78 is 38.2. The fraction of sp³-hybridized carbons (Fsp3) is 0.923. The van der Waals surface area contributed by atoms with Crippen LogP contribution in [0.4, 0.5) is 13.2 Å². The molecule has 0 radical (unpaired) electrons. The molecule has 2 aliphatic heterocycles. The number of hydrogen-bond donors (Lipinski definition) is 1. The van der Waals surface area contributed by atoms with Gasteiger partial charge in [-0.1, -0.05) is 6.92 Å². The Morgan fingerprint density at radius 1 is 1.32 bits per heavy atom. The lowest BCUT2D eigenvalue weighted by Gasteiger charge is -2.37. The van der Waals surface area contributed by atoms with Crippen LogP contribution in [-0.4, -0.2) is 43.2 Å². The molecule has 6 heteroatoms. The Balaban J connectivity index is 1.95. The number of hydrogen-bond acceptors (Lipinski definition) is 2. The fourth-order valence-electron chi connectivity index (χ4n) is 3.05. The quantitative estimate of drug-likeness (QED) is 0.796. The molecule has 0 aliphatic carbocycles. The minimum Gasteiger partial charge on any atom is -0.342 e. The molecule has 2 saturated heterocycles. The number of amides is 1. The molecule has 1 amide bonds. The number of nitrogens with one attached hydrogen (secondary N) is 1. The molecular formula is C13H21F3N2O. The second-order valence-electron chi connectivity index (χ2n) is 5.86. The molecule has 0 bridgehead atoms. The highest BCUT2D eigenvalue weighted by Crippen LogP contribution is 2.33. The van der Waals surface area contributed by atoms with E-state index in [-0.39, 0.29) is 24.8 Å². The van der Waals surface area contributed by atoms with Gasteiger partial charge >= 0.3 is 6.18 Å². The molecule has 0 saturated carbocycles. The maximum Gasteiger partial charge on any atom is 0.393 e. The van der Waals surface area contributed by atoms with E-state index in [0.29, 0.717) is 25.4 Å². The molecule has 1 N–H and O–H groups in total. The molecule has 110 valence electrons. The van der Waals surface area contributed by atoms with Crippen LogP contribution in [0.5, 0.6) is 0 Å². The summed E-state index contributed by atoms with van der Waals surface area (Å²) in [6, 6.07) is 0. The first kappa shape index (κ1) is 14.6. The topological polar surface area (TPSA) is 32.3 Å². The third-order valence-corrected chi connectivity index (χ3v) is 4.12. The normalized spacial score (nSPS) is 33.3. The highest BCUT2D eigenvalue weighted by molar-refractivity contribution is 5.79. The molecule has 2 aliphatic rings. The summed E-state index contributed by atoms with van der Waals surface area (Å²) in [6.45, 7) is 3.84. The van der Waals surface area contributed by atoms with Crippen molar-refractivity contribution in [2.24, 2.45) is 17.8 Å². The first-order valence-electron chi connectivity index (χ1n) is 6.94. The van der Waals surface area contributed by atoms with E-state index < -0.39 is 12.1 Å². The lowest BCUT2D eigenvalue weighted by molar-refractivity contribution is -0.188. The van der Waals surface area contributed by atoms with E-state index in [0.717, 1.165) is 13.0 Å². The number of halogens is 3. The Hall–Kier alpha value is -0.780. The van der Waals surface area contributed by atoms with Gasteiger partial charge in [0.2, 0.25) is 5.91 Å². The summed E-state index contributed by atoms with van der Waals surface area (Å²) in [5.74, 6) is -1.20. The van der Waals surface area contributed by atoms with Gasteiger partial charge in [0.15, 0.2) is 0 Å². The summed E-state index contributed by atoms with van der Waals surface area (Å²) in [5, 5.41) is 3.18. The van der Waals surface area contributed by atoms with Crippen molar-refractivity contribution < 1.29 is 18.0 Å². The number of rotatable bonds is 1. The largest absolute Gasteiger partial charge is 0.393 e. The van der Waals surface area contributed by atoms with Gasteiger partial charge in [0.05, 0.1) is 11.8 Å². The summed E-state index contributed by atoms with van der Waals surface area (Å²) in [5.41, 5.74) is 0. The average molecular weight is 278 g/mol. The van der Waals surface area contributed by atoms with Crippen LogP contribution in [-0.2, 0) is 4.79 Å². The van der Waals surface area contributed by atoms with E-state index >= 15 is 0 Å². The maximum atomic E-state index is 12.7. The lowest BCUT2D eigenvalue weighted by Crippen LogP contribution is -2.50.